The molecule has 0 fully saturated rings. The SMILES string of the molecule is COc1ccc2cc(C(=O)NCc3ccc([N+](C)(C)C)cc3)n(Cc3cccc(C(=N)N)c3)c2c1.COc1ccc2cc(C(=O)NCc3ccc([N+](C)(C)C)cc3)n(Cc3cccc(C(=N)N)c3)c2c1.O=C([O-])C(F)(F)F.O=C([O-])C(F)(F)F. The highest BCUT2D eigenvalue weighted by Crippen LogP contribution is 2.29. The summed E-state index contributed by atoms with van der Waals surface area (Å²) in [6.07, 6.45) is -10.4. The van der Waals surface area contributed by atoms with Crippen LogP contribution in [0, 0.1) is 10.8 Å². The average Bonchev–Trinajstić information content (AvgIpc) is 2.66. The summed E-state index contributed by atoms with van der Waals surface area (Å²) in [6.45, 7) is 1.78. The molecule has 444 valence electrons. The molecule has 0 aliphatic carbocycles. The predicted molar refractivity (Wildman–Crippen MR) is 307 cm³/mol. The predicted octanol–water partition coefficient (Wildman–Crippen LogP) is 6.82. The molecule has 0 unspecified atom stereocenters. The van der Waals surface area contributed by atoms with E-state index in [9.17, 15) is 35.9 Å². The van der Waals surface area contributed by atoms with Gasteiger partial charge >= 0.3 is 12.4 Å². The first kappa shape index (κ1) is 65.1. The Hall–Kier alpha value is -9.68. The van der Waals surface area contributed by atoms with Crippen molar-refractivity contribution in [1.82, 2.24) is 28.7 Å². The molecule has 0 radical (unpaired) electrons. The van der Waals surface area contributed by atoms with E-state index in [1.165, 1.54) is 11.4 Å². The van der Waals surface area contributed by atoms with Gasteiger partial charge in [0, 0.05) is 60.2 Å². The van der Waals surface area contributed by atoms with Gasteiger partial charge in [-0.1, -0.05) is 60.7 Å². The number of hydrogen-bond donors (Lipinski definition) is 6. The van der Waals surface area contributed by atoms with Gasteiger partial charge in [-0.3, -0.25) is 29.4 Å². The Balaban J connectivity index is 0.000000250. The number of nitrogens with one attached hydrogen (secondary N) is 4. The number of carbonyl (C=O) groups excluding carboxylic acids is 4. The summed E-state index contributed by atoms with van der Waals surface area (Å²) < 4.78 is 79.4. The number of quaternary nitrogens is 2. The van der Waals surface area contributed by atoms with Gasteiger partial charge in [0.15, 0.2) is 0 Å². The number of carboxylic acid groups (broad SMARTS) is 2. The number of nitrogen functional groups attached to an aromatic ring is 2. The fourth-order valence-corrected chi connectivity index (χ4v) is 8.15. The van der Waals surface area contributed by atoms with Gasteiger partial charge in [-0.25, -0.2) is 0 Å². The second-order valence-electron chi connectivity index (χ2n) is 20.6. The number of methoxy groups -OCH3 is 2. The van der Waals surface area contributed by atoms with Crippen LogP contribution in [0.15, 0.2) is 146 Å². The van der Waals surface area contributed by atoms with E-state index in [-0.39, 0.29) is 23.5 Å². The molecule has 0 atom stereocenters. The van der Waals surface area contributed by atoms with E-state index in [0.717, 1.165) is 64.5 Å². The van der Waals surface area contributed by atoms with Crippen molar-refractivity contribution in [1.29, 1.82) is 10.8 Å². The fraction of sp³-hybridized carbons (Fsp3) is 0.233. The summed E-state index contributed by atoms with van der Waals surface area (Å²) in [5.41, 5.74) is 22.0. The quantitative estimate of drug-likeness (QED) is 0.0255. The Bertz CT molecular complexity index is 3420. The number of hydrogen-bond acceptors (Lipinski definition) is 10. The molecule has 0 aliphatic rings. The summed E-state index contributed by atoms with van der Waals surface area (Å²) in [4.78, 5) is 44.2. The van der Waals surface area contributed by atoms with Crippen LogP contribution in [0.3, 0.4) is 0 Å². The molecule has 2 aromatic heterocycles. The summed E-state index contributed by atoms with van der Waals surface area (Å²) in [6, 6.07) is 47.0. The van der Waals surface area contributed by atoms with Crippen molar-refractivity contribution in [2.24, 2.45) is 11.5 Å². The van der Waals surface area contributed by atoms with Gasteiger partial charge in [0.1, 0.15) is 57.9 Å². The number of carboxylic acids is 2. The minimum atomic E-state index is -5.19. The molecule has 0 spiro atoms. The van der Waals surface area contributed by atoms with Gasteiger partial charge in [-0.15, -0.1) is 0 Å². The minimum absolute atomic E-state index is 0.0140. The maximum Gasteiger partial charge on any atom is 0.430 e. The highest BCUT2D eigenvalue weighted by molar-refractivity contribution is 6.00. The molecule has 8 aromatic rings. The van der Waals surface area contributed by atoms with Gasteiger partial charge in [-0.05, 0) is 95.1 Å². The van der Waals surface area contributed by atoms with Gasteiger partial charge in [0.2, 0.25) is 0 Å². The van der Waals surface area contributed by atoms with E-state index in [2.05, 4.69) is 77.2 Å². The van der Waals surface area contributed by atoms with Crippen molar-refractivity contribution >= 4 is 68.6 Å². The van der Waals surface area contributed by atoms with E-state index in [1.54, 1.807) is 26.4 Å². The zero-order valence-electron chi connectivity index (χ0n) is 47.2. The summed E-state index contributed by atoms with van der Waals surface area (Å²) >= 11 is 0. The summed E-state index contributed by atoms with van der Waals surface area (Å²) in [7, 11) is 16.0. The Labute approximate surface area is 480 Å². The lowest BCUT2D eigenvalue weighted by atomic mass is 10.1. The number of carbonyl (C=O) groups is 4. The third-order valence-electron chi connectivity index (χ3n) is 12.6. The van der Waals surface area contributed by atoms with Crippen molar-refractivity contribution in [3.63, 3.8) is 0 Å². The number of amides is 2. The van der Waals surface area contributed by atoms with Gasteiger partial charge in [0.25, 0.3) is 11.8 Å². The third-order valence-corrected chi connectivity index (χ3v) is 12.6. The van der Waals surface area contributed by atoms with E-state index in [1.807, 2.05) is 118 Å². The van der Waals surface area contributed by atoms with E-state index >= 15 is 0 Å². The number of alkyl halides is 6. The maximum atomic E-state index is 13.3. The fourth-order valence-electron chi connectivity index (χ4n) is 8.15. The maximum absolute atomic E-state index is 13.3. The molecular formula is C60H64F6N10O8. The zero-order valence-corrected chi connectivity index (χ0v) is 47.2. The molecule has 8 rings (SSSR count). The molecule has 2 amide bonds. The van der Waals surface area contributed by atoms with Gasteiger partial charge in [0.05, 0.1) is 67.5 Å². The lowest BCUT2D eigenvalue weighted by Gasteiger charge is -2.23. The third kappa shape index (κ3) is 18.2. The normalized spacial score (nSPS) is 11.4. The van der Waals surface area contributed by atoms with Crippen LogP contribution in [0.5, 0.6) is 11.5 Å². The number of ether oxygens (including phenoxy) is 2. The number of nitrogens with two attached hydrogens (primary N) is 2. The topological polar surface area (TPSA) is 267 Å². The number of amidine groups is 2. The van der Waals surface area contributed by atoms with Crippen LogP contribution in [-0.4, -0.2) is 113 Å². The molecule has 24 heteroatoms. The number of benzene rings is 6. The molecule has 2 heterocycles. The number of rotatable bonds is 16. The van der Waals surface area contributed by atoms with Gasteiger partial charge in [-0.2, -0.15) is 26.3 Å². The smallest absolute Gasteiger partial charge is 0.430 e. The van der Waals surface area contributed by atoms with Crippen molar-refractivity contribution < 1.29 is 65.2 Å². The van der Waals surface area contributed by atoms with Crippen molar-refractivity contribution in [2.75, 3.05) is 56.5 Å². The lowest BCUT2D eigenvalue weighted by Crippen LogP contribution is -2.37. The second kappa shape index (κ2) is 27.4. The van der Waals surface area contributed by atoms with Crippen molar-refractivity contribution in [3.8, 4) is 11.5 Å². The van der Waals surface area contributed by atoms with Crippen LogP contribution in [0.4, 0.5) is 37.7 Å². The molecular weight excluding hydrogens is 1100 g/mol. The van der Waals surface area contributed by atoms with Crippen LogP contribution in [0.1, 0.15) is 54.4 Å². The molecule has 6 aromatic carbocycles. The summed E-state index contributed by atoms with van der Waals surface area (Å²) in [5, 5.41) is 41.1. The Kier molecular flexibility index (Phi) is 21.2. The largest absolute Gasteiger partial charge is 0.542 e. The minimum Gasteiger partial charge on any atom is -0.542 e. The Morgan fingerprint density at radius 1 is 0.500 bits per heavy atom. The zero-order chi connectivity index (χ0) is 62.5. The molecule has 84 heavy (non-hydrogen) atoms. The lowest BCUT2D eigenvalue weighted by molar-refractivity contribution is -0.344. The van der Waals surface area contributed by atoms with Crippen LogP contribution >= 0.6 is 0 Å². The van der Waals surface area contributed by atoms with Crippen molar-refractivity contribution in [3.05, 3.63) is 190 Å². The van der Waals surface area contributed by atoms with E-state index in [4.69, 9.17) is 51.6 Å². The summed E-state index contributed by atoms with van der Waals surface area (Å²) in [5.74, 6) is -4.85. The van der Waals surface area contributed by atoms with Crippen molar-refractivity contribution in [2.45, 2.75) is 38.5 Å². The highest BCUT2D eigenvalue weighted by Gasteiger charge is 2.29. The first-order valence-corrected chi connectivity index (χ1v) is 25.4. The standard InChI is InChI=1S/2C28H31N5O2.2C2HF3O2/c2*1-33(2,3)23-11-8-19(9-12-23)17-31-28(34)26-15-21-10-13-24(35-4)16-25(21)32(26)18-20-6-5-7-22(14-20)27(29)30;2*3-2(4,5)1(6)7/h2*5-16H,17-18H2,1-4H3,(H3-,29,30,31,34);2*(H,6,7). The average molecular weight is 1170 g/mol. The first-order valence-electron chi connectivity index (χ1n) is 25.4. The Morgan fingerprint density at radius 3 is 1.10 bits per heavy atom. The number of aromatic nitrogens is 2. The van der Waals surface area contributed by atoms with Crippen LogP contribution in [-0.2, 0) is 35.8 Å². The van der Waals surface area contributed by atoms with E-state index < -0.39 is 24.3 Å². The number of halogens is 6. The highest BCUT2D eigenvalue weighted by atomic mass is 19.4. The molecule has 8 N–H and O–H groups in total. The molecule has 0 bridgehead atoms. The molecule has 0 saturated carbocycles. The molecule has 0 aliphatic heterocycles. The van der Waals surface area contributed by atoms with Gasteiger partial charge < -0.3 is 60.5 Å². The van der Waals surface area contributed by atoms with Crippen LogP contribution < -0.4 is 50.8 Å². The number of fused-ring (bicyclic) bond motifs is 2. The molecule has 18 nitrogen and oxygen atoms in total. The Morgan fingerprint density at radius 2 is 0.821 bits per heavy atom. The first-order chi connectivity index (χ1) is 39.2. The number of aliphatic carboxylic acids is 2. The number of nitrogens with zero attached hydrogens (tertiary/aromatic N) is 4. The van der Waals surface area contributed by atoms with Crippen LogP contribution in [0.2, 0.25) is 0 Å². The second-order valence-corrected chi connectivity index (χ2v) is 20.6. The molecule has 0 saturated heterocycles. The van der Waals surface area contributed by atoms with E-state index in [0.29, 0.717) is 48.7 Å². The monoisotopic (exact) mass is 1170 g/mol. The van der Waals surface area contributed by atoms with Crippen LogP contribution in [0.25, 0.3) is 21.8 Å².